The summed E-state index contributed by atoms with van der Waals surface area (Å²) in [5.41, 5.74) is 5.63. The van der Waals surface area contributed by atoms with Gasteiger partial charge in [0.25, 0.3) is 5.91 Å². The van der Waals surface area contributed by atoms with Crippen molar-refractivity contribution < 1.29 is 9.59 Å². The Morgan fingerprint density at radius 2 is 2.11 bits per heavy atom. The third-order valence-electron chi connectivity index (χ3n) is 3.91. The van der Waals surface area contributed by atoms with Crippen molar-refractivity contribution in [2.75, 3.05) is 13.1 Å². The van der Waals surface area contributed by atoms with Crippen LogP contribution in [0.3, 0.4) is 0 Å². The van der Waals surface area contributed by atoms with E-state index in [0.717, 1.165) is 25.9 Å². The van der Waals surface area contributed by atoms with Gasteiger partial charge in [-0.15, -0.1) is 11.3 Å². The number of thiophene rings is 1. The number of hydrogen-bond acceptors (Lipinski definition) is 4. The van der Waals surface area contributed by atoms with Crippen LogP contribution in [0.5, 0.6) is 0 Å². The van der Waals surface area contributed by atoms with Crippen LogP contribution in [-0.2, 0) is 0 Å². The number of primary amides is 1. The van der Waals surface area contributed by atoms with Crippen LogP contribution in [0.2, 0.25) is 0 Å². The molecule has 1 aromatic heterocycles. The van der Waals surface area contributed by atoms with Gasteiger partial charge < -0.3 is 16.0 Å². The van der Waals surface area contributed by atoms with Crippen LogP contribution in [0.1, 0.15) is 39.3 Å². The van der Waals surface area contributed by atoms with Crippen molar-refractivity contribution >= 4 is 23.2 Å². The lowest BCUT2D eigenvalue weighted by atomic mass is 10.1. The molecular weight excluding hydrogens is 262 g/mol. The molecule has 0 spiro atoms. The molecule has 2 aliphatic rings. The van der Waals surface area contributed by atoms with Crippen LogP contribution in [0, 0.1) is 0 Å². The molecular formula is C13H17N3O2S. The molecule has 19 heavy (non-hydrogen) atoms. The van der Waals surface area contributed by atoms with Crippen LogP contribution in [0.4, 0.5) is 0 Å². The summed E-state index contributed by atoms with van der Waals surface area (Å²) in [7, 11) is 0. The zero-order chi connectivity index (χ0) is 13.4. The van der Waals surface area contributed by atoms with Crippen LogP contribution in [-0.4, -0.2) is 41.9 Å². The van der Waals surface area contributed by atoms with Gasteiger partial charge in [-0.25, -0.2) is 0 Å². The molecule has 2 atom stereocenters. The Labute approximate surface area is 115 Å². The molecule has 3 rings (SSSR count). The van der Waals surface area contributed by atoms with Crippen molar-refractivity contribution in [3.8, 4) is 0 Å². The van der Waals surface area contributed by atoms with Gasteiger partial charge in [0.05, 0.1) is 10.4 Å². The number of amides is 2. The Kier molecular flexibility index (Phi) is 3.28. The minimum absolute atomic E-state index is 0.0202. The van der Waals surface area contributed by atoms with Gasteiger partial charge in [-0.2, -0.15) is 0 Å². The minimum atomic E-state index is -0.480. The van der Waals surface area contributed by atoms with Crippen LogP contribution in [0.25, 0.3) is 0 Å². The summed E-state index contributed by atoms with van der Waals surface area (Å²) in [4.78, 5) is 26.0. The quantitative estimate of drug-likeness (QED) is 0.841. The average Bonchev–Trinajstić information content (AvgIpc) is 2.95. The molecule has 2 saturated heterocycles. The lowest BCUT2D eigenvalue weighted by Crippen LogP contribution is -2.38. The molecule has 0 aliphatic carbocycles. The first kappa shape index (κ1) is 12.6. The summed E-state index contributed by atoms with van der Waals surface area (Å²) in [6, 6.07) is 2.59. The Hall–Kier alpha value is -1.40. The van der Waals surface area contributed by atoms with Crippen molar-refractivity contribution in [1.29, 1.82) is 0 Å². The second kappa shape index (κ2) is 4.94. The molecule has 2 fully saturated rings. The molecule has 3 N–H and O–H groups in total. The first-order chi connectivity index (χ1) is 9.13. The van der Waals surface area contributed by atoms with E-state index in [0.29, 0.717) is 22.5 Å². The van der Waals surface area contributed by atoms with Crippen molar-refractivity contribution in [2.24, 2.45) is 5.73 Å². The summed E-state index contributed by atoms with van der Waals surface area (Å²) in [6.07, 6.45) is 3.37. The van der Waals surface area contributed by atoms with E-state index in [1.165, 1.54) is 17.8 Å². The lowest BCUT2D eigenvalue weighted by Gasteiger charge is -2.23. The van der Waals surface area contributed by atoms with E-state index in [1.54, 1.807) is 11.4 Å². The van der Waals surface area contributed by atoms with Gasteiger partial charge in [0.2, 0.25) is 5.91 Å². The van der Waals surface area contributed by atoms with E-state index in [9.17, 15) is 9.59 Å². The topological polar surface area (TPSA) is 75.4 Å². The number of nitrogens with one attached hydrogen (secondary N) is 1. The smallest absolute Gasteiger partial charge is 0.263 e. The fourth-order valence-corrected chi connectivity index (χ4v) is 3.72. The fourth-order valence-electron chi connectivity index (χ4n) is 2.86. The number of fused-ring (bicyclic) bond motifs is 2. The highest BCUT2D eigenvalue weighted by molar-refractivity contribution is 7.12. The highest BCUT2D eigenvalue weighted by atomic mass is 32.1. The highest BCUT2D eigenvalue weighted by Gasteiger charge is 2.31. The van der Waals surface area contributed by atoms with E-state index >= 15 is 0 Å². The summed E-state index contributed by atoms with van der Waals surface area (Å²) in [5.74, 6) is -0.460. The van der Waals surface area contributed by atoms with Gasteiger partial charge in [-0.3, -0.25) is 9.59 Å². The maximum atomic E-state index is 12.4. The van der Waals surface area contributed by atoms with Crippen molar-refractivity contribution in [1.82, 2.24) is 10.2 Å². The summed E-state index contributed by atoms with van der Waals surface area (Å²) < 4.78 is 0. The van der Waals surface area contributed by atoms with Gasteiger partial charge in [0.15, 0.2) is 0 Å². The molecule has 3 heterocycles. The lowest BCUT2D eigenvalue weighted by molar-refractivity contribution is 0.0753. The van der Waals surface area contributed by atoms with E-state index in [-0.39, 0.29) is 5.91 Å². The molecule has 1 aromatic rings. The first-order valence-electron chi connectivity index (χ1n) is 6.57. The standard InChI is InChI=1S/C13H17N3O2S/c14-12(17)8-5-11(19-7-8)13(18)16-4-3-9-1-2-10(6-16)15-9/h5,7,9-10,15H,1-4,6H2,(H2,14,17). The number of nitrogens with zero attached hydrogens (tertiary/aromatic N) is 1. The average molecular weight is 279 g/mol. The summed E-state index contributed by atoms with van der Waals surface area (Å²) in [5, 5.41) is 5.20. The molecule has 0 aromatic carbocycles. The number of rotatable bonds is 2. The molecule has 2 amide bonds. The van der Waals surface area contributed by atoms with E-state index in [1.807, 2.05) is 4.90 Å². The van der Waals surface area contributed by atoms with Gasteiger partial charge >= 0.3 is 0 Å². The predicted molar refractivity (Wildman–Crippen MR) is 73.3 cm³/mol. The number of hydrogen-bond donors (Lipinski definition) is 2. The monoisotopic (exact) mass is 279 g/mol. The summed E-state index contributed by atoms with van der Waals surface area (Å²) >= 11 is 1.29. The molecule has 2 aliphatic heterocycles. The number of nitrogens with two attached hydrogens (primary N) is 1. The highest BCUT2D eigenvalue weighted by Crippen LogP contribution is 2.23. The van der Waals surface area contributed by atoms with E-state index < -0.39 is 5.91 Å². The zero-order valence-corrected chi connectivity index (χ0v) is 11.4. The number of likely N-dealkylation sites (tertiary alicyclic amines) is 1. The summed E-state index contributed by atoms with van der Waals surface area (Å²) in [6.45, 7) is 1.55. The van der Waals surface area contributed by atoms with Crippen LogP contribution >= 0.6 is 11.3 Å². The van der Waals surface area contributed by atoms with Crippen LogP contribution < -0.4 is 11.1 Å². The molecule has 5 nitrogen and oxygen atoms in total. The van der Waals surface area contributed by atoms with Gasteiger partial charge in [-0.1, -0.05) is 0 Å². The number of carbonyl (C=O) groups excluding carboxylic acids is 2. The fraction of sp³-hybridized carbons (Fsp3) is 0.538. The second-order valence-electron chi connectivity index (χ2n) is 5.24. The zero-order valence-electron chi connectivity index (χ0n) is 10.6. The number of carbonyl (C=O) groups is 2. The molecule has 0 radical (unpaired) electrons. The molecule has 6 heteroatoms. The Bertz CT molecular complexity index is 514. The molecule has 102 valence electrons. The van der Waals surface area contributed by atoms with Crippen LogP contribution in [0.15, 0.2) is 11.4 Å². The van der Waals surface area contributed by atoms with Gasteiger partial charge in [-0.05, 0) is 25.3 Å². The third kappa shape index (κ3) is 2.50. The Morgan fingerprint density at radius 3 is 2.84 bits per heavy atom. The van der Waals surface area contributed by atoms with Gasteiger partial charge in [0, 0.05) is 30.6 Å². The van der Waals surface area contributed by atoms with E-state index in [4.69, 9.17) is 5.73 Å². The van der Waals surface area contributed by atoms with E-state index in [2.05, 4.69) is 5.32 Å². The predicted octanol–water partition coefficient (Wildman–Crippen LogP) is 0.813. The SMILES string of the molecule is NC(=O)c1csc(C(=O)N2CCC3CCC(C2)N3)c1. The molecule has 2 unspecified atom stereocenters. The van der Waals surface area contributed by atoms with Crippen molar-refractivity contribution in [3.63, 3.8) is 0 Å². The molecule has 2 bridgehead atoms. The maximum absolute atomic E-state index is 12.4. The normalized spacial score (nSPS) is 26.2. The second-order valence-corrected chi connectivity index (χ2v) is 6.15. The van der Waals surface area contributed by atoms with Crippen molar-refractivity contribution in [3.05, 3.63) is 21.9 Å². The van der Waals surface area contributed by atoms with Gasteiger partial charge in [0.1, 0.15) is 0 Å². The maximum Gasteiger partial charge on any atom is 0.263 e. The van der Waals surface area contributed by atoms with Crippen molar-refractivity contribution in [2.45, 2.75) is 31.3 Å². The Morgan fingerprint density at radius 1 is 1.32 bits per heavy atom. The first-order valence-corrected chi connectivity index (χ1v) is 7.45. The third-order valence-corrected chi connectivity index (χ3v) is 4.82. The molecule has 0 saturated carbocycles. The minimum Gasteiger partial charge on any atom is -0.366 e. The Balaban J connectivity index is 1.73. The largest absolute Gasteiger partial charge is 0.366 e.